The quantitative estimate of drug-likeness (QED) is 0.109. The fraction of sp³-hybridized carbons (Fsp3) is 0.290. The van der Waals surface area contributed by atoms with Gasteiger partial charge in [-0.2, -0.15) is 0 Å². The third-order valence-corrected chi connectivity index (χ3v) is 7.12. The summed E-state index contributed by atoms with van der Waals surface area (Å²) in [5.74, 6) is -3.13. The molecule has 4 aromatic rings. The Morgan fingerprint density at radius 3 is 1.89 bits per heavy atom. The molecule has 0 aromatic heterocycles. The molecule has 0 bridgehead atoms. The van der Waals surface area contributed by atoms with Crippen molar-refractivity contribution < 1.29 is 22.0 Å². The highest BCUT2D eigenvalue weighted by atomic mass is 35.5. The molecule has 0 spiro atoms. The average Bonchev–Trinajstić information content (AvgIpc) is 2.86. The third kappa shape index (κ3) is 6.51. The second kappa shape index (κ2) is 12.1. The first-order chi connectivity index (χ1) is 17.8. The Balaban J connectivity index is 1.44. The predicted octanol–water partition coefficient (Wildman–Crippen LogP) is 9.49. The molecule has 0 radical (unpaired) electrons. The van der Waals surface area contributed by atoms with Crippen LogP contribution < -0.4 is 0 Å². The molecule has 0 amide bonds. The monoisotopic (exact) mass is 530 g/mol. The molecule has 0 atom stereocenters. The van der Waals surface area contributed by atoms with Crippen LogP contribution in [0.3, 0.4) is 0 Å². The summed E-state index contributed by atoms with van der Waals surface area (Å²) in [5.41, 5.74) is 2.41. The van der Waals surface area contributed by atoms with Gasteiger partial charge in [-0.15, -0.1) is 0 Å². The van der Waals surface area contributed by atoms with Gasteiger partial charge in [0.25, 0.3) is 0 Å². The van der Waals surface area contributed by atoms with Crippen LogP contribution in [0.15, 0.2) is 54.6 Å². The van der Waals surface area contributed by atoms with Crippen molar-refractivity contribution in [2.75, 3.05) is 0 Å². The van der Waals surface area contributed by atoms with Crippen LogP contribution in [0.5, 0.6) is 0 Å². The van der Waals surface area contributed by atoms with E-state index in [9.17, 15) is 17.6 Å². The molecule has 6 heteroatoms. The van der Waals surface area contributed by atoms with Gasteiger partial charge in [-0.1, -0.05) is 61.7 Å². The van der Waals surface area contributed by atoms with Gasteiger partial charge in [0.15, 0.2) is 0 Å². The maximum atomic E-state index is 15.2. The number of rotatable bonds is 10. The van der Waals surface area contributed by atoms with Crippen molar-refractivity contribution in [1.82, 2.24) is 0 Å². The van der Waals surface area contributed by atoms with Gasteiger partial charge in [0, 0.05) is 10.9 Å². The van der Waals surface area contributed by atoms with E-state index >= 15 is 4.39 Å². The van der Waals surface area contributed by atoms with Gasteiger partial charge < -0.3 is 0 Å². The molecule has 0 saturated heterocycles. The van der Waals surface area contributed by atoms with Crippen molar-refractivity contribution in [3.8, 4) is 0 Å². The Kier molecular flexibility index (Phi) is 8.86. The first-order valence-electron chi connectivity index (χ1n) is 12.6. The van der Waals surface area contributed by atoms with Crippen molar-refractivity contribution in [2.24, 2.45) is 0 Å². The summed E-state index contributed by atoms with van der Waals surface area (Å²) in [5, 5.41) is 0.541. The molecule has 4 rings (SSSR count). The summed E-state index contributed by atoms with van der Waals surface area (Å²) >= 11 is 5.52. The summed E-state index contributed by atoms with van der Waals surface area (Å²) in [6.45, 7) is 2.08. The smallest absolute Gasteiger partial charge is 0.145 e. The van der Waals surface area contributed by atoms with E-state index in [1.54, 1.807) is 24.3 Å². The second-order valence-corrected chi connectivity index (χ2v) is 9.84. The zero-order valence-corrected chi connectivity index (χ0v) is 21.4. The van der Waals surface area contributed by atoms with Crippen LogP contribution in [0.4, 0.5) is 22.0 Å². The number of benzene rings is 4. The topological polar surface area (TPSA) is 0 Å². The van der Waals surface area contributed by atoms with E-state index in [4.69, 9.17) is 11.6 Å². The van der Waals surface area contributed by atoms with Crippen molar-refractivity contribution in [3.05, 3.63) is 117 Å². The standard InChI is InChI=1S/C31H28ClF5/c1-2-3-4-5-20-15-26(33)25(27(34)16-20)13-8-19-7-12-24-23(14-19)11-10-22(31(24)37)9-6-21-17-28(35)30(32)29(36)18-21/h7,10-12,14-18H,2-6,8-9,13H2,1H3. The van der Waals surface area contributed by atoms with Crippen LogP contribution in [-0.2, 0) is 32.1 Å². The minimum Gasteiger partial charge on any atom is -0.207 e. The molecule has 0 fully saturated rings. The molecule has 0 nitrogen and oxygen atoms in total. The van der Waals surface area contributed by atoms with E-state index in [0.29, 0.717) is 40.3 Å². The van der Waals surface area contributed by atoms with Gasteiger partial charge in [-0.25, -0.2) is 22.0 Å². The van der Waals surface area contributed by atoms with Crippen molar-refractivity contribution in [3.63, 3.8) is 0 Å². The van der Waals surface area contributed by atoms with Gasteiger partial charge >= 0.3 is 0 Å². The van der Waals surface area contributed by atoms with Crippen molar-refractivity contribution in [2.45, 2.75) is 58.3 Å². The summed E-state index contributed by atoms with van der Waals surface area (Å²) in [7, 11) is 0. The fourth-order valence-corrected chi connectivity index (χ4v) is 4.76. The van der Waals surface area contributed by atoms with Crippen LogP contribution in [0, 0.1) is 29.1 Å². The lowest BCUT2D eigenvalue weighted by Crippen LogP contribution is -2.02. The van der Waals surface area contributed by atoms with Crippen LogP contribution in [0.25, 0.3) is 10.8 Å². The van der Waals surface area contributed by atoms with Crippen molar-refractivity contribution >= 4 is 22.4 Å². The second-order valence-electron chi connectivity index (χ2n) is 9.46. The molecule has 0 unspecified atom stereocenters. The summed E-state index contributed by atoms with van der Waals surface area (Å²) < 4.78 is 71.7. The first kappa shape index (κ1) is 27.1. The predicted molar refractivity (Wildman–Crippen MR) is 140 cm³/mol. The SMILES string of the molecule is CCCCCc1cc(F)c(CCc2ccc3c(F)c(CCc4cc(F)c(Cl)c(F)c4)ccc3c2)c(F)c1. The van der Waals surface area contributed by atoms with Crippen LogP contribution in [0.1, 0.15) is 54.0 Å². The third-order valence-electron chi connectivity index (χ3n) is 6.76. The van der Waals surface area contributed by atoms with Crippen LogP contribution in [-0.4, -0.2) is 0 Å². The number of hydrogen-bond donors (Lipinski definition) is 0. The Morgan fingerprint density at radius 1 is 0.595 bits per heavy atom. The largest absolute Gasteiger partial charge is 0.207 e. The number of fused-ring (bicyclic) bond motifs is 1. The van der Waals surface area contributed by atoms with E-state index in [0.717, 1.165) is 37.0 Å². The summed E-state index contributed by atoms with van der Waals surface area (Å²) in [6, 6.07) is 13.8. The number of unbranched alkanes of at least 4 members (excludes halogenated alkanes) is 2. The Labute approximate surface area is 219 Å². The molecular weight excluding hydrogens is 503 g/mol. The van der Waals surface area contributed by atoms with E-state index in [2.05, 4.69) is 6.92 Å². The summed E-state index contributed by atoms with van der Waals surface area (Å²) in [6.07, 6.45) is 4.76. The van der Waals surface area contributed by atoms with E-state index in [-0.39, 0.29) is 24.8 Å². The Bertz CT molecular complexity index is 1370. The molecule has 0 N–H and O–H groups in total. The number of halogens is 6. The summed E-state index contributed by atoms with van der Waals surface area (Å²) in [4.78, 5) is 0. The lowest BCUT2D eigenvalue weighted by atomic mass is 9.96. The highest BCUT2D eigenvalue weighted by Crippen LogP contribution is 2.26. The zero-order chi connectivity index (χ0) is 26.5. The Morgan fingerprint density at radius 2 is 1.22 bits per heavy atom. The minimum atomic E-state index is -0.842. The van der Waals surface area contributed by atoms with Gasteiger partial charge in [0.05, 0.1) is 0 Å². The lowest BCUT2D eigenvalue weighted by Gasteiger charge is -2.11. The molecule has 0 saturated carbocycles. The Hall–Kier alpha value is -2.92. The first-order valence-corrected chi connectivity index (χ1v) is 12.9. The fourth-order valence-electron chi connectivity index (χ4n) is 4.65. The number of hydrogen-bond acceptors (Lipinski definition) is 0. The number of aryl methyl sites for hydroxylation is 4. The molecule has 4 aromatic carbocycles. The van der Waals surface area contributed by atoms with Crippen molar-refractivity contribution in [1.29, 1.82) is 0 Å². The molecule has 194 valence electrons. The molecule has 0 heterocycles. The zero-order valence-electron chi connectivity index (χ0n) is 20.6. The molecular formula is C31H28ClF5. The highest BCUT2D eigenvalue weighted by Gasteiger charge is 2.14. The minimum absolute atomic E-state index is 0.0657. The molecule has 0 aliphatic rings. The van der Waals surface area contributed by atoms with E-state index < -0.39 is 34.1 Å². The van der Waals surface area contributed by atoms with Crippen LogP contribution >= 0.6 is 11.6 Å². The van der Waals surface area contributed by atoms with Gasteiger partial charge in [0.2, 0.25) is 0 Å². The lowest BCUT2D eigenvalue weighted by molar-refractivity contribution is 0.550. The normalized spacial score (nSPS) is 11.4. The molecule has 0 aliphatic carbocycles. The van der Waals surface area contributed by atoms with Gasteiger partial charge in [-0.05, 0) is 90.4 Å². The maximum Gasteiger partial charge on any atom is 0.145 e. The molecule has 37 heavy (non-hydrogen) atoms. The van der Waals surface area contributed by atoms with E-state index in [1.807, 2.05) is 6.07 Å². The van der Waals surface area contributed by atoms with E-state index in [1.165, 1.54) is 12.1 Å². The highest BCUT2D eigenvalue weighted by molar-refractivity contribution is 6.30. The van der Waals surface area contributed by atoms with Gasteiger partial charge in [-0.3, -0.25) is 0 Å². The van der Waals surface area contributed by atoms with Crippen LogP contribution in [0.2, 0.25) is 5.02 Å². The van der Waals surface area contributed by atoms with Gasteiger partial charge in [0.1, 0.15) is 34.1 Å². The maximum absolute atomic E-state index is 15.2. The molecule has 0 aliphatic heterocycles. The average molecular weight is 531 g/mol.